The van der Waals surface area contributed by atoms with E-state index in [0.717, 1.165) is 12.1 Å². The van der Waals surface area contributed by atoms with Crippen LogP contribution in [0, 0.1) is 0 Å². The first-order valence-electron chi connectivity index (χ1n) is 7.59. The van der Waals surface area contributed by atoms with Gasteiger partial charge in [0, 0.05) is 23.5 Å². The lowest BCUT2D eigenvalue weighted by Gasteiger charge is -2.15. The van der Waals surface area contributed by atoms with Crippen LogP contribution >= 0.6 is 0 Å². The Balaban J connectivity index is 1.99. The fourth-order valence-corrected chi connectivity index (χ4v) is 2.26. The lowest BCUT2D eigenvalue weighted by molar-refractivity contribution is -0.137. The van der Waals surface area contributed by atoms with E-state index in [1.54, 1.807) is 42.5 Å². The van der Waals surface area contributed by atoms with E-state index in [9.17, 15) is 13.2 Å². The third-order valence-electron chi connectivity index (χ3n) is 3.44. The summed E-state index contributed by atoms with van der Waals surface area (Å²) in [5.41, 5.74) is 11.4. The fourth-order valence-electron chi connectivity index (χ4n) is 2.26. The standard InChI is InChI=1S/C19H15F3N2O2/c20-19(21,22)12-7-8-17(25-15-5-1-3-13(23)10-15)18(9-12)26-16-6-2-4-14(24)11-16/h1-11H,23-24H2. The Morgan fingerprint density at radius 3 is 1.69 bits per heavy atom. The van der Waals surface area contributed by atoms with Crippen LogP contribution in [0.25, 0.3) is 0 Å². The molecule has 0 unspecified atom stereocenters. The SMILES string of the molecule is Nc1cccc(Oc2ccc(C(F)(F)F)cc2Oc2cccc(N)c2)c1. The molecule has 134 valence electrons. The molecule has 0 heterocycles. The van der Waals surface area contributed by atoms with Gasteiger partial charge >= 0.3 is 6.18 Å². The molecule has 4 nitrogen and oxygen atoms in total. The number of halogens is 3. The largest absolute Gasteiger partial charge is 0.453 e. The first-order valence-corrected chi connectivity index (χ1v) is 7.59. The predicted octanol–water partition coefficient (Wildman–Crippen LogP) is 5.45. The number of hydrogen-bond donors (Lipinski definition) is 2. The molecule has 0 saturated heterocycles. The summed E-state index contributed by atoms with van der Waals surface area (Å²) in [7, 11) is 0. The molecule has 0 saturated carbocycles. The molecule has 0 fully saturated rings. The van der Waals surface area contributed by atoms with E-state index in [2.05, 4.69) is 0 Å². The molecule has 0 spiro atoms. The maximum atomic E-state index is 13.0. The minimum Gasteiger partial charge on any atom is -0.453 e. The van der Waals surface area contributed by atoms with Crippen LogP contribution in [0.5, 0.6) is 23.0 Å². The summed E-state index contributed by atoms with van der Waals surface area (Å²) in [5.74, 6) is 0.697. The van der Waals surface area contributed by atoms with E-state index in [1.165, 1.54) is 12.1 Å². The van der Waals surface area contributed by atoms with Crippen molar-refractivity contribution in [2.75, 3.05) is 11.5 Å². The molecule has 0 bridgehead atoms. The lowest BCUT2D eigenvalue weighted by atomic mass is 10.2. The Morgan fingerprint density at radius 1 is 0.654 bits per heavy atom. The van der Waals surface area contributed by atoms with Gasteiger partial charge in [-0.15, -0.1) is 0 Å². The summed E-state index contributed by atoms with van der Waals surface area (Å²) >= 11 is 0. The highest BCUT2D eigenvalue weighted by atomic mass is 19.4. The molecule has 0 aliphatic carbocycles. The number of benzene rings is 3. The molecule has 0 aromatic heterocycles. The van der Waals surface area contributed by atoms with Crippen LogP contribution in [0.4, 0.5) is 24.5 Å². The minimum absolute atomic E-state index is 0.0900. The molecule has 3 aromatic carbocycles. The van der Waals surface area contributed by atoms with E-state index in [1.807, 2.05) is 0 Å². The summed E-state index contributed by atoms with van der Waals surface area (Å²) in [5, 5.41) is 0. The maximum absolute atomic E-state index is 13.0. The van der Waals surface area contributed by atoms with E-state index < -0.39 is 11.7 Å². The number of ether oxygens (including phenoxy) is 2. The Bertz CT molecular complexity index is 927. The Labute approximate surface area is 147 Å². The average Bonchev–Trinajstić information content (AvgIpc) is 2.55. The summed E-state index contributed by atoms with van der Waals surface area (Å²) in [6, 6.07) is 15.9. The van der Waals surface area contributed by atoms with Gasteiger partial charge in [0.25, 0.3) is 0 Å². The Hall–Kier alpha value is -3.35. The smallest absolute Gasteiger partial charge is 0.416 e. The number of rotatable bonds is 4. The number of nitrogens with two attached hydrogens (primary N) is 2. The first-order chi connectivity index (χ1) is 12.3. The molecule has 3 aromatic rings. The van der Waals surface area contributed by atoms with Crippen molar-refractivity contribution in [3.63, 3.8) is 0 Å². The van der Waals surface area contributed by atoms with Gasteiger partial charge in [0.05, 0.1) is 5.56 Å². The second kappa shape index (κ2) is 6.87. The van der Waals surface area contributed by atoms with Gasteiger partial charge in [0.2, 0.25) is 0 Å². The zero-order valence-electron chi connectivity index (χ0n) is 13.5. The average molecular weight is 360 g/mol. The number of nitrogen functional groups attached to an aromatic ring is 2. The van der Waals surface area contributed by atoms with Gasteiger partial charge in [0.1, 0.15) is 11.5 Å². The van der Waals surface area contributed by atoms with Crippen molar-refractivity contribution in [2.24, 2.45) is 0 Å². The van der Waals surface area contributed by atoms with E-state index in [-0.39, 0.29) is 11.5 Å². The molecule has 7 heteroatoms. The highest BCUT2D eigenvalue weighted by Gasteiger charge is 2.31. The third-order valence-corrected chi connectivity index (χ3v) is 3.44. The van der Waals surface area contributed by atoms with Crippen molar-refractivity contribution in [3.05, 3.63) is 72.3 Å². The fraction of sp³-hybridized carbons (Fsp3) is 0.0526. The van der Waals surface area contributed by atoms with E-state index in [0.29, 0.717) is 22.9 Å². The van der Waals surface area contributed by atoms with Gasteiger partial charge in [-0.1, -0.05) is 12.1 Å². The van der Waals surface area contributed by atoms with Gasteiger partial charge < -0.3 is 20.9 Å². The predicted molar refractivity (Wildman–Crippen MR) is 93.3 cm³/mol. The van der Waals surface area contributed by atoms with Crippen molar-refractivity contribution in [1.82, 2.24) is 0 Å². The highest BCUT2D eigenvalue weighted by molar-refractivity contribution is 5.52. The molecule has 0 radical (unpaired) electrons. The first kappa shape index (κ1) is 17.5. The minimum atomic E-state index is -4.51. The maximum Gasteiger partial charge on any atom is 0.416 e. The molecular formula is C19H15F3N2O2. The normalized spacial score (nSPS) is 11.2. The Kier molecular flexibility index (Phi) is 4.62. The van der Waals surface area contributed by atoms with Crippen LogP contribution in [0.3, 0.4) is 0 Å². The van der Waals surface area contributed by atoms with Crippen LogP contribution in [-0.2, 0) is 6.18 Å². The summed E-state index contributed by atoms with van der Waals surface area (Å²) in [6.07, 6.45) is -4.51. The second-order valence-electron chi connectivity index (χ2n) is 5.51. The van der Waals surface area contributed by atoms with Gasteiger partial charge in [-0.2, -0.15) is 13.2 Å². The van der Waals surface area contributed by atoms with E-state index in [4.69, 9.17) is 20.9 Å². The van der Waals surface area contributed by atoms with Gasteiger partial charge in [-0.05, 0) is 42.5 Å². The Morgan fingerprint density at radius 2 is 1.19 bits per heavy atom. The molecule has 4 N–H and O–H groups in total. The molecule has 0 aliphatic heterocycles. The highest BCUT2D eigenvalue weighted by Crippen LogP contribution is 2.40. The van der Waals surface area contributed by atoms with Gasteiger partial charge in [-0.3, -0.25) is 0 Å². The molecular weight excluding hydrogens is 345 g/mol. The number of anilines is 2. The molecule has 26 heavy (non-hydrogen) atoms. The van der Waals surface area contributed by atoms with Crippen LogP contribution < -0.4 is 20.9 Å². The molecule has 0 atom stereocenters. The molecule has 0 aliphatic rings. The van der Waals surface area contributed by atoms with Crippen LogP contribution in [0.2, 0.25) is 0 Å². The molecule has 0 amide bonds. The lowest BCUT2D eigenvalue weighted by Crippen LogP contribution is -2.05. The van der Waals surface area contributed by atoms with E-state index >= 15 is 0 Å². The van der Waals surface area contributed by atoms with Crippen molar-refractivity contribution in [2.45, 2.75) is 6.18 Å². The van der Waals surface area contributed by atoms with Crippen LogP contribution in [-0.4, -0.2) is 0 Å². The zero-order valence-corrected chi connectivity index (χ0v) is 13.5. The third kappa shape index (κ3) is 4.18. The van der Waals surface area contributed by atoms with Crippen LogP contribution in [0.15, 0.2) is 66.7 Å². The van der Waals surface area contributed by atoms with Crippen molar-refractivity contribution >= 4 is 11.4 Å². The number of alkyl halides is 3. The van der Waals surface area contributed by atoms with Crippen molar-refractivity contribution in [1.29, 1.82) is 0 Å². The summed E-state index contributed by atoms with van der Waals surface area (Å²) in [4.78, 5) is 0. The van der Waals surface area contributed by atoms with Crippen LogP contribution in [0.1, 0.15) is 5.56 Å². The number of hydrogen-bond acceptors (Lipinski definition) is 4. The monoisotopic (exact) mass is 360 g/mol. The van der Waals surface area contributed by atoms with Gasteiger partial charge in [-0.25, -0.2) is 0 Å². The van der Waals surface area contributed by atoms with Crippen molar-refractivity contribution < 1.29 is 22.6 Å². The second-order valence-corrected chi connectivity index (χ2v) is 5.51. The summed E-state index contributed by atoms with van der Waals surface area (Å²) in [6.45, 7) is 0. The van der Waals surface area contributed by atoms with Gasteiger partial charge in [0.15, 0.2) is 11.5 Å². The summed E-state index contributed by atoms with van der Waals surface area (Å²) < 4.78 is 50.4. The topological polar surface area (TPSA) is 70.5 Å². The van der Waals surface area contributed by atoms with Crippen molar-refractivity contribution in [3.8, 4) is 23.0 Å². The quantitative estimate of drug-likeness (QED) is 0.607. The zero-order chi connectivity index (χ0) is 18.7. The molecule has 3 rings (SSSR count).